The summed E-state index contributed by atoms with van der Waals surface area (Å²) in [6.45, 7) is 2.12. The molecule has 1 aromatic heterocycles. The number of halogens is 3. The maximum atomic E-state index is 5.93. The van der Waals surface area contributed by atoms with Gasteiger partial charge in [-0.15, -0.1) is 37.2 Å². The second kappa shape index (κ2) is 9.03. The van der Waals surface area contributed by atoms with Crippen molar-refractivity contribution in [3.63, 3.8) is 0 Å². The molecular weight excluding hydrogens is 291 g/mol. The van der Waals surface area contributed by atoms with E-state index in [0.29, 0.717) is 0 Å². The van der Waals surface area contributed by atoms with Crippen LogP contribution in [0.2, 0.25) is 0 Å². The van der Waals surface area contributed by atoms with Gasteiger partial charge in [0.05, 0.1) is 0 Å². The minimum absolute atomic E-state index is 0. The summed E-state index contributed by atoms with van der Waals surface area (Å²) in [6.07, 6.45) is 1.81. The molecule has 0 bridgehead atoms. The monoisotopic (exact) mass is 306 g/mol. The van der Waals surface area contributed by atoms with Crippen molar-refractivity contribution in [2.45, 2.75) is 12.8 Å². The summed E-state index contributed by atoms with van der Waals surface area (Å²) < 4.78 is 0. The number of hydrogen-bond acceptors (Lipinski definition) is 2. The first-order chi connectivity index (χ1) is 7.29. The average Bonchev–Trinajstić information content (AvgIpc) is 2.30. The Bertz CT molecular complexity index is 449. The van der Waals surface area contributed by atoms with E-state index in [1.807, 2.05) is 42.6 Å². The second-order valence-corrected chi connectivity index (χ2v) is 3.61. The van der Waals surface area contributed by atoms with Gasteiger partial charge in [0.15, 0.2) is 0 Å². The van der Waals surface area contributed by atoms with E-state index in [1.54, 1.807) is 0 Å². The number of nitrogens with zero attached hydrogens (tertiary/aromatic N) is 1. The number of benzene rings is 1. The smallest absolute Gasteiger partial charge is 0.0476 e. The van der Waals surface area contributed by atoms with Crippen LogP contribution in [0.4, 0.5) is 5.69 Å². The molecule has 0 radical (unpaired) electrons. The topological polar surface area (TPSA) is 38.9 Å². The average molecular weight is 308 g/mol. The van der Waals surface area contributed by atoms with Crippen LogP contribution in [0.3, 0.4) is 0 Å². The number of hydrogen-bond donors (Lipinski definition) is 1. The van der Waals surface area contributed by atoms with Crippen LogP contribution in [-0.4, -0.2) is 4.98 Å². The molecule has 1 heterocycles. The lowest BCUT2D eigenvalue weighted by atomic mass is 9.96. The van der Waals surface area contributed by atoms with Gasteiger partial charge in [-0.05, 0) is 23.8 Å². The molecule has 0 aliphatic heterocycles. The summed E-state index contributed by atoms with van der Waals surface area (Å²) in [7, 11) is 0. The summed E-state index contributed by atoms with van der Waals surface area (Å²) in [5, 5.41) is 0. The first-order valence-corrected chi connectivity index (χ1v) is 5.04. The van der Waals surface area contributed by atoms with Crippen molar-refractivity contribution in [1.29, 1.82) is 0 Å². The molecule has 0 amide bonds. The molecule has 0 aliphatic carbocycles. The van der Waals surface area contributed by atoms with Gasteiger partial charge >= 0.3 is 0 Å². The van der Waals surface area contributed by atoms with Gasteiger partial charge in [-0.3, -0.25) is 4.98 Å². The summed E-state index contributed by atoms with van der Waals surface area (Å²) in [6, 6.07) is 13.9. The van der Waals surface area contributed by atoms with Crippen molar-refractivity contribution in [2.75, 3.05) is 5.73 Å². The van der Waals surface area contributed by atoms with E-state index in [-0.39, 0.29) is 43.1 Å². The van der Waals surface area contributed by atoms with Crippen LogP contribution in [0.15, 0.2) is 48.7 Å². The SMILES string of the molecule is CC(c1ccccn1)c1ccccc1N.Cl.Cl.Cl. The van der Waals surface area contributed by atoms with Gasteiger partial charge in [0.25, 0.3) is 0 Å². The largest absolute Gasteiger partial charge is 0.398 e. The highest BCUT2D eigenvalue weighted by atomic mass is 35.5. The second-order valence-electron chi connectivity index (χ2n) is 3.61. The molecule has 0 spiro atoms. The van der Waals surface area contributed by atoms with Gasteiger partial charge in [-0.1, -0.05) is 31.2 Å². The third-order valence-corrected chi connectivity index (χ3v) is 2.59. The molecule has 2 nitrogen and oxygen atoms in total. The molecule has 18 heavy (non-hydrogen) atoms. The molecule has 0 saturated heterocycles. The number of pyridine rings is 1. The van der Waals surface area contributed by atoms with E-state index in [4.69, 9.17) is 5.73 Å². The van der Waals surface area contributed by atoms with Crippen LogP contribution < -0.4 is 5.73 Å². The highest BCUT2D eigenvalue weighted by molar-refractivity contribution is 5.86. The normalized spacial score (nSPS) is 10.3. The van der Waals surface area contributed by atoms with E-state index >= 15 is 0 Å². The zero-order chi connectivity index (χ0) is 10.7. The quantitative estimate of drug-likeness (QED) is 0.849. The lowest BCUT2D eigenvalue weighted by Crippen LogP contribution is -2.02. The predicted molar refractivity (Wildman–Crippen MR) is 84.4 cm³/mol. The summed E-state index contributed by atoms with van der Waals surface area (Å²) >= 11 is 0. The van der Waals surface area contributed by atoms with Gasteiger partial charge in [0.1, 0.15) is 0 Å². The molecule has 1 aromatic carbocycles. The van der Waals surface area contributed by atoms with Crippen LogP contribution in [0.5, 0.6) is 0 Å². The number of rotatable bonds is 2. The molecule has 1 unspecified atom stereocenters. The Balaban J connectivity index is 0. The summed E-state index contributed by atoms with van der Waals surface area (Å²) in [5.74, 6) is 0.243. The van der Waals surface area contributed by atoms with Gasteiger partial charge in [-0.2, -0.15) is 0 Å². The highest BCUT2D eigenvalue weighted by Crippen LogP contribution is 2.26. The Morgan fingerprint density at radius 2 is 1.56 bits per heavy atom. The maximum absolute atomic E-state index is 5.93. The van der Waals surface area contributed by atoms with Crippen LogP contribution >= 0.6 is 37.2 Å². The van der Waals surface area contributed by atoms with Crippen LogP contribution in [0.1, 0.15) is 24.1 Å². The Kier molecular flexibility index (Phi) is 9.73. The molecule has 2 aromatic rings. The molecule has 0 saturated carbocycles. The van der Waals surface area contributed by atoms with E-state index in [9.17, 15) is 0 Å². The fourth-order valence-electron chi connectivity index (χ4n) is 1.70. The Labute approximate surface area is 126 Å². The lowest BCUT2D eigenvalue weighted by molar-refractivity contribution is 0.874. The fourth-order valence-corrected chi connectivity index (χ4v) is 1.70. The third-order valence-electron chi connectivity index (χ3n) is 2.59. The number of para-hydroxylation sites is 1. The standard InChI is InChI=1S/C13H14N2.3ClH/c1-10(13-8-4-5-9-15-13)11-6-2-3-7-12(11)14;;;/h2-10H,14H2,1H3;3*1H. The molecule has 100 valence electrons. The number of nitrogen functional groups attached to an aromatic ring is 1. The van der Waals surface area contributed by atoms with Gasteiger partial charge in [-0.25, -0.2) is 0 Å². The van der Waals surface area contributed by atoms with Crippen molar-refractivity contribution in [1.82, 2.24) is 4.98 Å². The van der Waals surface area contributed by atoms with Crippen LogP contribution in [0.25, 0.3) is 0 Å². The molecular formula is C13H17Cl3N2. The van der Waals surface area contributed by atoms with Crippen LogP contribution in [-0.2, 0) is 0 Å². The number of nitrogens with two attached hydrogens (primary N) is 1. The lowest BCUT2D eigenvalue weighted by Gasteiger charge is -2.13. The van der Waals surface area contributed by atoms with Crippen LogP contribution in [0, 0.1) is 0 Å². The van der Waals surface area contributed by atoms with Crippen molar-refractivity contribution in [2.24, 2.45) is 0 Å². The van der Waals surface area contributed by atoms with Gasteiger partial charge in [0, 0.05) is 23.5 Å². The predicted octanol–water partition coefficient (Wildman–Crippen LogP) is 4.08. The van der Waals surface area contributed by atoms with Gasteiger partial charge < -0.3 is 5.73 Å². The summed E-state index contributed by atoms with van der Waals surface area (Å²) in [5.41, 5.74) is 8.95. The maximum Gasteiger partial charge on any atom is 0.0476 e. The van der Waals surface area contributed by atoms with E-state index in [2.05, 4.69) is 18.0 Å². The van der Waals surface area contributed by atoms with Crippen molar-refractivity contribution in [3.05, 3.63) is 59.9 Å². The molecule has 0 fully saturated rings. The third kappa shape index (κ3) is 4.37. The molecule has 2 rings (SSSR count). The Morgan fingerprint density at radius 1 is 0.944 bits per heavy atom. The van der Waals surface area contributed by atoms with E-state index < -0.39 is 0 Å². The first kappa shape index (κ1) is 19.4. The van der Waals surface area contributed by atoms with E-state index in [1.165, 1.54) is 0 Å². The minimum Gasteiger partial charge on any atom is -0.398 e. The Morgan fingerprint density at radius 3 is 2.11 bits per heavy atom. The zero-order valence-corrected chi connectivity index (χ0v) is 12.4. The molecule has 5 heteroatoms. The number of anilines is 1. The van der Waals surface area contributed by atoms with Crippen molar-refractivity contribution < 1.29 is 0 Å². The molecule has 0 aliphatic rings. The van der Waals surface area contributed by atoms with E-state index in [0.717, 1.165) is 16.9 Å². The fraction of sp³-hybridized carbons (Fsp3) is 0.154. The zero-order valence-electron chi connectivity index (χ0n) is 9.95. The molecule has 2 N–H and O–H groups in total. The molecule has 1 atom stereocenters. The Hall–Kier alpha value is -0.960. The summed E-state index contributed by atoms with van der Waals surface area (Å²) in [4.78, 5) is 4.34. The highest BCUT2D eigenvalue weighted by Gasteiger charge is 2.11. The first-order valence-electron chi connectivity index (χ1n) is 5.04. The van der Waals surface area contributed by atoms with Crippen molar-refractivity contribution >= 4 is 42.9 Å². The number of aromatic nitrogens is 1. The minimum atomic E-state index is 0. The van der Waals surface area contributed by atoms with Crippen molar-refractivity contribution in [3.8, 4) is 0 Å². The van der Waals surface area contributed by atoms with Gasteiger partial charge in [0.2, 0.25) is 0 Å².